The highest BCUT2D eigenvalue weighted by Gasteiger charge is 2.34. The standard InChI is InChI=1S/C27H23BrN2O6S/c1-35-23-15-20(14-22(28)25(23)36-17-19-9-11-21(12-10-19)30(33)34)16-24-26(31)29(27(32)37-24)13-5-8-18-6-3-2-4-7-18/h2-4,6-7,9-12,14-16H,5,8,13,17H2,1H3/b24-16+. The fraction of sp³-hybridized carbons (Fsp3) is 0.185. The Morgan fingerprint density at radius 2 is 1.78 bits per heavy atom. The molecule has 0 spiro atoms. The van der Waals surface area contributed by atoms with E-state index in [0.29, 0.717) is 39.4 Å². The Labute approximate surface area is 226 Å². The Hall–Kier alpha value is -3.63. The first-order chi connectivity index (χ1) is 17.9. The largest absolute Gasteiger partial charge is 0.493 e. The van der Waals surface area contributed by atoms with Crippen LogP contribution in [0.2, 0.25) is 0 Å². The molecule has 1 heterocycles. The third-order valence-electron chi connectivity index (χ3n) is 5.64. The molecule has 1 aliphatic rings. The lowest BCUT2D eigenvalue weighted by Crippen LogP contribution is -2.29. The number of nitro groups is 1. The predicted octanol–water partition coefficient (Wildman–Crippen LogP) is 6.61. The summed E-state index contributed by atoms with van der Waals surface area (Å²) < 4.78 is 12.0. The van der Waals surface area contributed by atoms with Crippen LogP contribution in [0.15, 0.2) is 76.1 Å². The van der Waals surface area contributed by atoms with Gasteiger partial charge in [-0.05, 0) is 87.6 Å². The van der Waals surface area contributed by atoms with Crippen molar-refractivity contribution in [1.82, 2.24) is 4.90 Å². The van der Waals surface area contributed by atoms with Crippen molar-refractivity contribution in [2.24, 2.45) is 0 Å². The van der Waals surface area contributed by atoms with Crippen molar-refractivity contribution >= 4 is 50.6 Å². The third-order valence-corrected chi connectivity index (χ3v) is 7.14. The molecular formula is C27H23BrN2O6S. The van der Waals surface area contributed by atoms with Crippen LogP contribution in [-0.4, -0.2) is 34.6 Å². The van der Waals surface area contributed by atoms with Crippen molar-refractivity contribution in [2.75, 3.05) is 13.7 Å². The van der Waals surface area contributed by atoms with E-state index >= 15 is 0 Å². The highest BCUT2D eigenvalue weighted by atomic mass is 79.9. The number of halogens is 1. The Morgan fingerprint density at radius 3 is 2.46 bits per heavy atom. The minimum Gasteiger partial charge on any atom is -0.493 e. The van der Waals surface area contributed by atoms with E-state index in [1.807, 2.05) is 30.3 Å². The number of hydrogen-bond acceptors (Lipinski definition) is 7. The van der Waals surface area contributed by atoms with Crippen LogP contribution in [-0.2, 0) is 17.8 Å². The molecule has 37 heavy (non-hydrogen) atoms. The average Bonchev–Trinajstić information content (AvgIpc) is 3.16. The molecule has 0 saturated carbocycles. The lowest BCUT2D eigenvalue weighted by Gasteiger charge is -2.14. The molecule has 0 atom stereocenters. The van der Waals surface area contributed by atoms with Crippen molar-refractivity contribution in [2.45, 2.75) is 19.4 Å². The van der Waals surface area contributed by atoms with Crippen LogP contribution in [0.3, 0.4) is 0 Å². The van der Waals surface area contributed by atoms with Crippen molar-refractivity contribution < 1.29 is 24.0 Å². The molecule has 8 nitrogen and oxygen atoms in total. The number of hydrogen-bond donors (Lipinski definition) is 0. The van der Waals surface area contributed by atoms with Crippen LogP contribution < -0.4 is 9.47 Å². The van der Waals surface area contributed by atoms with Gasteiger partial charge in [0, 0.05) is 18.7 Å². The Morgan fingerprint density at radius 1 is 1.05 bits per heavy atom. The number of thioether (sulfide) groups is 1. The maximum Gasteiger partial charge on any atom is 0.293 e. The van der Waals surface area contributed by atoms with Gasteiger partial charge in [0.25, 0.3) is 16.8 Å². The topological polar surface area (TPSA) is 99.0 Å². The fourth-order valence-corrected chi connectivity index (χ4v) is 5.20. The van der Waals surface area contributed by atoms with Crippen molar-refractivity contribution in [3.63, 3.8) is 0 Å². The molecule has 0 aliphatic carbocycles. The number of non-ortho nitro benzene ring substituents is 1. The fourth-order valence-electron chi connectivity index (χ4n) is 3.76. The molecule has 0 unspecified atom stereocenters. The smallest absolute Gasteiger partial charge is 0.293 e. The summed E-state index contributed by atoms with van der Waals surface area (Å²) >= 11 is 4.42. The van der Waals surface area contributed by atoms with Gasteiger partial charge in [-0.1, -0.05) is 30.3 Å². The number of methoxy groups -OCH3 is 1. The molecule has 190 valence electrons. The third kappa shape index (κ3) is 6.58. The van der Waals surface area contributed by atoms with Crippen LogP contribution in [0.4, 0.5) is 10.5 Å². The number of amides is 2. The maximum atomic E-state index is 12.9. The van der Waals surface area contributed by atoms with Crippen molar-refractivity contribution in [3.05, 3.63) is 103 Å². The summed E-state index contributed by atoms with van der Waals surface area (Å²) in [6.07, 6.45) is 3.14. The van der Waals surface area contributed by atoms with Crippen LogP contribution in [0, 0.1) is 10.1 Å². The van der Waals surface area contributed by atoms with Crippen molar-refractivity contribution in [1.29, 1.82) is 0 Å². The lowest BCUT2D eigenvalue weighted by molar-refractivity contribution is -0.384. The molecular weight excluding hydrogens is 560 g/mol. The second kappa shape index (κ2) is 12.1. The normalized spacial score (nSPS) is 14.3. The predicted molar refractivity (Wildman–Crippen MR) is 146 cm³/mol. The molecule has 0 aromatic heterocycles. The number of benzene rings is 3. The van der Waals surface area contributed by atoms with Crippen molar-refractivity contribution in [3.8, 4) is 11.5 Å². The summed E-state index contributed by atoms with van der Waals surface area (Å²) in [6.45, 7) is 0.535. The van der Waals surface area contributed by atoms with Crippen LogP contribution in [0.5, 0.6) is 11.5 Å². The van der Waals surface area contributed by atoms with Gasteiger partial charge in [-0.3, -0.25) is 24.6 Å². The van der Waals surface area contributed by atoms with Crippen LogP contribution in [0.1, 0.15) is 23.1 Å². The first-order valence-electron chi connectivity index (χ1n) is 11.4. The summed E-state index contributed by atoms with van der Waals surface area (Å²) in [5, 5.41) is 10.6. The van der Waals surface area contributed by atoms with E-state index < -0.39 is 4.92 Å². The second-order valence-corrected chi connectivity index (χ2v) is 10.0. The maximum absolute atomic E-state index is 12.9. The number of carbonyl (C=O) groups is 2. The van der Waals surface area contributed by atoms with Gasteiger partial charge in [0.15, 0.2) is 11.5 Å². The summed E-state index contributed by atoms with van der Waals surface area (Å²) in [5.74, 6) is 0.577. The lowest BCUT2D eigenvalue weighted by atomic mass is 10.1. The molecule has 3 aromatic rings. The SMILES string of the molecule is COc1cc(/C=C2/SC(=O)N(CCCc3ccccc3)C2=O)cc(Br)c1OCc1ccc([N+](=O)[O-])cc1. The van der Waals surface area contributed by atoms with Gasteiger partial charge in [-0.25, -0.2) is 0 Å². The van der Waals surface area contributed by atoms with E-state index in [1.165, 1.54) is 24.1 Å². The summed E-state index contributed by atoms with van der Waals surface area (Å²) in [4.78, 5) is 37.4. The van der Waals surface area contributed by atoms with Crippen LogP contribution in [0.25, 0.3) is 6.08 Å². The molecule has 0 bridgehead atoms. The second-order valence-electron chi connectivity index (χ2n) is 8.17. The number of nitro benzene ring substituents is 1. The Bertz CT molecular complexity index is 1350. The molecule has 0 radical (unpaired) electrons. The first-order valence-corrected chi connectivity index (χ1v) is 13.0. The minimum atomic E-state index is -0.456. The molecule has 10 heteroatoms. The first kappa shape index (κ1) is 26.4. The number of rotatable bonds is 10. The van der Waals surface area contributed by atoms with E-state index in [-0.39, 0.29) is 23.4 Å². The molecule has 1 saturated heterocycles. The van der Waals surface area contributed by atoms with Crippen LogP contribution >= 0.6 is 27.7 Å². The zero-order valence-corrected chi connectivity index (χ0v) is 22.3. The molecule has 1 aliphatic heterocycles. The molecule has 4 rings (SSSR count). The number of aryl methyl sites for hydroxylation is 1. The summed E-state index contributed by atoms with van der Waals surface area (Å²) in [6, 6.07) is 19.5. The Kier molecular flexibility index (Phi) is 8.62. The molecule has 2 amide bonds. The monoisotopic (exact) mass is 582 g/mol. The van der Waals surface area contributed by atoms with E-state index in [4.69, 9.17) is 9.47 Å². The molecule has 0 N–H and O–H groups in total. The average molecular weight is 583 g/mol. The minimum absolute atomic E-state index is 0.00692. The van der Waals surface area contributed by atoms with Gasteiger partial charge in [-0.15, -0.1) is 0 Å². The van der Waals surface area contributed by atoms with E-state index in [9.17, 15) is 19.7 Å². The number of carbonyl (C=O) groups excluding carboxylic acids is 2. The van der Waals surface area contributed by atoms with Gasteiger partial charge < -0.3 is 9.47 Å². The van der Waals surface area contributed by atoms with E-state index in [0.717, 1.165) is 29.3 Å². The highest BCUT2D eigenvalue weighted by molar-refractivity contribution is 9.10. The van der Waals surface area contributed by atoms with Gasteiger partial charge in [0.05, 0.1) is 21.4 Å². The van der Waals surface area contributed by atoms with Gasteiger partial charge in [0.2, 0.25) is 0 Å². The molecule has 3 aromatic carbocycles. The van der Waals surface area contributed by atoms with E-state index in [1.54, 1.807) is 30.3 Å². The van der Waals surface area contributed by atoms with Gasteiger partial charge in [-0.2, -0.15) is 0 Å². The van der Waals surface area contributed by atoms with Gasteiger partial charge in [0.1, 0.15) is 6.61 Å². The quantitative estimate of drug-likeness (QED) is 0.150. The zero-order valence-electron chi connectivity index (χ0n) is 19.9. The number of imide groups is 1. The number of ether oxygens (including phenoxy) is 2. The number of nitrogens with zero attached hydrogens (tertiary/aromatic N) is 2. The molecule has 1 fully saturated rings. The summed E-state index contributed by atoms with van der Waals surface area (Å²) in [7, 11) is 1.50. The summed E-state index contributed by atoms with van der Waals surface area (Å²) in [5.41, 5.74) is 2.59. The Balaban J connectivity index is 1.43. The van der Waals surface area contributed by atoms with E-state index in [2.05, 4.69) is 15.9 Å². The zero-order chi connectivity index (χ0) is 26.4. The highest BCUT2D eigenvalue weighted by Crippen LogP contribution is 2.39. The van der Waals surface area contributed by atoms with Gasteiger partial charge >= 0.3 is 0 Å².